The summed E-state index contributed by atoms with van der Waals surface area (Å²) in [4.78, 5) is 10.2. The number of carbonyl (C=O) groups is 1. The number of ether oxygens (including phenoxy) is 1. The van der Waals surface area contributed by atoms with Crippen molar-refractivity contribution in [2.24, 2.45) is 0 Å². The first-order chi connectivity index (χ1) is 10.8. The largest absolute Gasteiger partial charge is 0.482 e. The summed E-state index contributed by atoms with van der Waals surface area (Å²) < 4.78 is 45.1. The van der Waals surface area contributed by atoms with Gasteiger partial charge in [0, 0.05) is 0 Å². The quantitative estimate of drug-likeness (QED) is 0.827. The molecule has 0 atom stereocenters. The van der Waals surface area contributed by atoms with E-state index in [-0.39, 0.29) is 21.4 Å². The van der Waals surface area contributed by atoms with Crippen LogP contribution >= 0.6 is 11.6 Å². The van der Waals surface area contributed by atoms with E-state index >= 15 is 0 Å². The van der Waals surface area contributed by atoms with E-state index in [2.05, 4.69) is 4.72 Å². The monoisotopic (exact) mass is 359 g/mol. The van der Waals surface area contributed by atoms with Gasteiger partial charge in [-0.1, -0.05) is 17.7 Å². The summed E-state index contributed by atoms with van der Waals surface area (Å²) in [5.41, 5.74) is -0.274. The predicted molar refractivity (Wildman–Crippen MR) is 81.8 cm³/mol. The van der Waals surface area contributed by atoms with E-state index in [1.807, 2.05) is 0 Å². The first-order valence-electron chi connectivity index (χ1n) is 6.21. The molecule has 0 aliphatic heterocycles. The molecule has 2 aromatic carbocycles. The molecule has 2 aromatic rings. The smallest absolute Gasteiger partial charge is 0.341 e. The molecule has 0 heterocycles. The van der Waals surface area contributed by atoms with E-state index < -0.39 is 28.4 Å². The Hall–Kier alpha value is -2.32. The molecule has 0 bridgehead atoms. The second-order valence-electron chi connectivity index (χ2n) is 4.36. The van der Waals surface area contributed by atoms with Crippen molar-refractivity contribution in [1.82, 2.24) is 0 Å². The zero-order valence-corrected chi connectivity index (χ0v) is 13.1. The molecular weight excluding hydrogens is 349 g/mol. The van der Waals surface area contributed by atoms with Gasteiger partial charge in [0.25, 0.3) is 10.0 Å². The van der Waals surface area contributed by atoms with Crippen LogP contribution in [0.1, 0.15) is 0 Å². The zero-order chi connectivity index (χ0) is 17.0. The lowest BCUT2D eigenvalue weighted by Gasteiger charge is -2.10. The van der Waals surface area contributed by atoms with E-state index in [0.29, 0.717) is 0 Å². The van der Waals surface area contributed by atoms with Crippen LogP contribution in [0.3, 0.4) is 0 Å². The summed E-state index contributed by atoms with van der Waals surface area (Å²) in [5.74, 6) is -1.83. The molecule has 0 fully saturated rings. The minimum Gasteiger partial charge on any atom is -0.482 e. The molecule has 0 saturated heterocycles. The molecule has 6 nitrogen and oxygen atoms in total. The number of halogens is 2. The number of hydrogen-bond acceptors (Lipinski definition) is 4. The van der Waals surface area contributed by atoms with Gasteiger partial charge in [0.1, 0.15) is 5.75 Å². The summed E-state index contributed by atoms with van der Waals surface area (Å²) >= 11 is 5.60. The van der Waals surface area contributed by atoms with Crippen molar-refractivity contribution in [3.05, 3.63) is 53.3 Å². The third-order valence-electron chi connectivity index (χ3n) is 2.69. The lowest BCUT2D eigenvalue weighted by molar-refractivity contribution is -0.139. The Balaban J connectivity index is 2.19. The summed E-state index contributed by atoms with van der Waals surface area (Å²) in [6.07, 6.45) is 0. The van der Waals surface area contributed by atoms with Gasteiger partial charge in [0.15, 0.2) is 12.4 Å². The molecule has 0 saturated carbocycles. The van der Waals surface area contributed by atoms with Crippen molar-refractivity contribution < 1.29 is 27.4 Å². The fourth-order valence-electron chi connectivity index (χ4n) is 1.65. The average Bonchev–Trinajstić information content (AvgIpc) is 2.50. The zero-order valence-electron chi connectivity index (χ0n) is 11.5. The standard InChI is InChI=1S/C14H11ClFNO5S/c15-11-2-1-3-12(14(11)16)17-23(20,21)10-6-4-9(5-7-10)22-8-13(18)19/h1-7,17H,8H2,(H,18,19). The van der Waals surface area contributed by atoms with E-state index in [4.69, 9.17) is 21.4 Å². The van der Waals surface area contributed by atoms with Crippen molar-refractivity contribution in [2.75, 3.05) is 11.3 Å². The van der Waals surface area contributed by atoms with Gasteiger partial charge in [-0.2, -0.15) is 0 Å². The lowest BCUT2D eigenvalue weighted by Crippen LogP contribution is -2.14. The van der Waals surface area contributed by atoms with Crippen LogP contribution in [0.5, 0.6) is 5.75 Å². The fourth-order valence-corrected chi connectivity index (χ4v) is 2.88. The Bertz CT molecular complexity index is 824. The van der Waals surface area contributed by atoms with Gasteiger partial charge >= 0.3 is 5.97 Å². The minimum absolute atomic E-state index is 0.139. The highest BCUT2D eigenvalue weighted by Gasteiger charge is 2.17. The number of sulfonamides is 1. The number of aliphatic carboxylic acids is 1. The summed E-state index contributed by atoms with van der Waals surface area (Å²) in [5, 5.41) is 8.29. The van der Waals surface area contributed by atoms with Gasteiger partial charge in [-0.05, 0) is 36.4 Å². The Kier molecular flexibility index (Phi) is 5.07. The number of rotatable bonds is 6. The van der Waals surface area contributed by atoms with Crippen molar-refractivity contribution in [1.29, 1.82) is 0 Å². The lowest BCUT2D eigenvalue weighted by atomic mass is 10.3. The summed E-state index contributed by atoms with van der Waals surface area (Å²) in [7, 11) is -4.02. The number of benzene rings is 2. The molecule has 0 aliphatic carbocycles. The van der Waals surface area contributed by atoms with Crippen LogP contribution in [0.4, 0.5) is 10.1 Å². The first kappa shape index (κ1) is 17.0. The van der Waals surface area contributed by atoms with Crippen molar-refractivity contribution >= 4 is 33.3 Å². The number of carboxylic acids is 1. The van der Waals surface area contributed by atoms with Crippen molar-refractivity contribution in [2.45, 2.75) is 4.90 Å². The van der Waals surface area contributed by atoms with Gasteiger partial charge in [-0.3, -0.25) is 4.72 Å². The number of anilines is 1. The third kappa shape index (κ3) is 4.33. The molecule has 0 radical (unpaired) electrons. The molecule has 2 rings (SSSR count). The van der Waals surface area contributed by atoms with E-state index in [0.717, 1.165) is 0 Å². The van der Waals surface area contributed by atoms with Crippen molar-refractivity contribution in [3.63, 3.8) is 0 Å². The normalized spacial score (nSPS) is 11.0. The maximum absolute atomic E-state index is 13.8. The van der Waals surface area contributed by atoms with E-state index in [1.165, 1.54) is 42.5 Å². The first-order valence-corrected chi connectivity index (χ1v) is 8.07. The van der Waals surface area contributed by atoms with Crippen molar-refractivity contribution in [3.8, 4) is 5.75 Å². The van der Waals surface area contributed by atoms with Gasteiger partial charge in [0.2, 0.25) is 0 Å². The summed E-state index contributed by atoms with van der Waals surface area (Å²) in [6, 6.07) is 8.96. The highest BCUT2D eigenvalue weighted by molar-refractivity contribution is 7.92. The number of hydrogen-bond donors (Lipinski definition) is 2. The second kappa shape index (κ2) is 6.84. The molecule has 0 spiro atoms. The van der Waals surface area contributed by atoms with Gasteiger partial charge in [-0.15, -0.1) is 0 Å². The van der Waals surface area contributed by atoms with Gasteiger partial charge < -0.3 is 9.84 Å². The topological polar surface area (TPSA) is 92.7 Å². The molecule has 0 aliphatic rings. The fraction of sp³-hybridized carbons (Fsp3) is 0.0714. The van der Waals surface area contributed by atoms with Gasteiger partial charge in [0.05, 0.1) is 15.6 Å². The molecule has 0 aromatic heterocycles. The summed E-state index contributed by atoms with van der Waals surface area (Å²) in [6.45, 7) is -0.544. The second-order valence-corrected chi connectivity index (χ2v) is 6.45. The van der Waals surface area contributed by atoms with Gasteiger partial charge in [-0.25, -0.2) is 17.6 Å². The highest BCUT2D eigenvalue weighted by Crippen LogP contribution is 2.25. The maximum Gasteiger partial charge on any atom is 0.341 e. The van der Waals surface area contributed by atoms with Crippen LogP contribution < -0.4 is 9.46 Å². The molecule has 9 heteroatoms. The Morgan fingerprint density at radius 3 is 2.48 bits per heavy atom. The molecule has 0 unspecified atom stereocenters. The third-order valence-corrected chi connectivity index (χ3v) is 4.37. The van der Waals surface area contributed by atoms with Crippen LogP contribution in [0.2, 0.25) is 5.02 Å². The predicted octanol–water partition coefficient (Wildman–Crippen LogP) is 2.74. The molecule has 2 N–H and O–H groups in total. The van der Waals surface area contributed by atoms with E-state index in [9.17, 15) is 17.6 Å². The Labute approximate surface area is 136 Å². The highest BCUT2D eigenvalue weighted by atomic mass is 35.5. The Morgan fingerprint density at radius 1 is 1.22 bits per heavy atom. The SMILES string of the molecule is O=C(O)COc1ccc(S(=O)(=O)Nc2cccc(Cl)c2F)cc1. The minimum atomic E-state index is -4.02. The molecule has 122 valence electrons. The van der Waals surface area contributed by atoms with Crippen LogP contribution in [-0.2, 0) is 14.8 Å². The maximum atomic E-state index is 13.8. The number of nitrogens with one attached hydrogen (secondary N) is 1. The Morgan fingerprint density at radius 2 is 1.87 bits per heavy atom. The molecule has 23 heavy (non-hydrogen) atoms. The average molecular weight is 360 g/mol. The van der Waals surface area contributed by atoms with E-state index in [1.54, 1.807) is 0 Å². The molecular formula is C14H11ClFNO5S. The van der Waals surface area contributed by atoms with Crippen LogP contribution in [0.25, 0.3) is 0 Å². The van der Waals surface area contributed by atoms with Crippen LogP contribution in [-0.4, -0.2) is 26.1 Å². The molecule has 0 amide bonds. The van der Waals surface area contributed by atoms with Crippen LogP contribution in [0, 0.1) is 5.82 Å². The number of carboxylic acid groups (broad SMARTS) is 1. The van der Waals surface area contributed by atoms with Crippen LogP contribution in [0.15, 0.2) is 47.4 Å².